The second kappa shape index (κ2) is 7.49. The first-order chi connectivity index (χ1) is 12.0. The highest BCUT2D eigenvalue weighted by molar-refractivity contribution is 6.31. The summed E-state index contributed by atoms with van der Waals surface area (Å²) >= 11 is 6.08. The number of rotatable bonds is 5. The number of aromatic amines is 1. The summed E-state index contributed by atoms with van der Waals surface area (Å²) in [5.41, 5.74) is -1.11. The van der Waals surface area contributed by atoms with Gasteiger partial charge in [0.05, 0.1) is 25.5 Å². The average molecular weight is 371 g/mol. The number of nitrogens with zero attached hydrogens (tertiary/aromatic N) is 1. The molecule has 0 bridgehead atoms. The molecule has 2 aromatic rings. The van der Waals surface area contributed by atoms with Gasteiger partial charge in [-0.3, -0.25) is 14.3 Å². The molecule has 2 N–H and O–H groups in total. The van der Waals surface area contributed by atoms with Crippen LogP contribution in [0.3, 0.4) is 0 Å². The number of hydrogen-bond donors (Lipinski definition) is 2. The molecule has 0 unspecified atom stereocenters. The number of nitrogens with one attached hydrogen (secondary N) is 1. The van der Waals surface area contributed by atoms with Gasteiger partial charge in [0.25, 0.3) is 5.56 Å². The molecule has 1 saturated heterocycles. The first kappa shape index (κ1) is 17.8. The number of benzene rings is 1. The lowest BCUT2D eigenvalue weighted by Crippen LogP contribution is -2.34. The molecule has 1 aromatic heterocycles. The number of hydrogen-bond acceptors (Lipinski definition) is 5. The highest BCUT2D eigenvalue weighted by atomic mass is 35.5. The van der Waals surface area contributed by atoms with E-state index in [2.05, 4.69) is 0 Å². The maximum Gasteiger partial charge on any atom is 0.330 e. The fourth-order valence-corrected chi connectivity index (χ4v) is 2.89. The Labute approximate surface area is 146 Å². The Balaban J connectivity index is 1.75. The van der Waals surface area contributed by atoms with Gasteiger partial charge in [-0.25, -0.2) is 4.79 Å². The molecule has 0 saturated carbocycles. The SMILES string of the molecule is O=c1[nH]c(=O)n([C@H]2C[C@H](OCc3ccccc3Cl)[C@@H](CO)O2)cc1F. The molecular weight excluding hydrogens is 355 g/mol. The lowest BCUT2D eigenvalue weighted by molar-refractivity contribution is -0.0659. The van der Waals surface area contributed by atoms with Crippen molar-refractivity contribution in [3.63, 3.8) is 0 Å². The third-order valence-corrected chi connectivity index (χ3v) is 4.37. The first-order valence-electron chi connectivity index (χ1n) is 7.62. The minimum atomic E-state index is -1.09. The number of H-pyrrole nitrogens is 1. The van der Waals surface area contributed by atoms with Crippen molar-refractivity contribution in [1.29, 1.82) is 0 Å². The molecule has 0 aliphatic carbocycles. The average Bonchev–Trinajstić information content (AvgIpc) is 3.00. The first-order valence-corrected chi connectivity index (χ1v) is 7.99. The van der Waals surface area contributed by atoms with Crippen molar-refractivity contribution in [1.82, 2.24) is 9.55 Å². The van der Waals surface area contributed by atoms with Crippen LogP contribution in [0.2, 0.25) is 5.02 Å². The van der Waals surface area contributed by atoms with E-state index in [4.69, 9.17) is 21.1 Å². The number of aromatic nitrogens is 2. The summed E-state index contributed by atoms with van der Waals surface area (Å²) in [6, 6.07) is 7.17. The zero-order valence-corrected chi connectivity index (χ0v) is 13.8. The van der Waals surface area contributed by atoms with Gasteiger partial charge < -0.3 is 14.6 Å². The van der Waals surface area contributed by atoms with Crippen LogP contribution in [0.5, 0.6) is 0 Å². The summed E-state index contributed by atoms with van der Waals surface area (Å²) < 4.78 is 25.7. The van der Waals surface area contributed by atoms with Crippen LogP contribution in [0.25, 0.3) is 0 Å². The fraction of sp³-hybridized carbons (Fsp3) is 0.375. The van der Waals surface area contributed by atoms with E-state index in [9.17, 15) is 19.1 Å². The topological polar surface area (TPSA) is 93.6 Å². The zero-order chi connectivity index (χ0) is 18.0. The largest absolute Gasteiger partial charge is 0.394 e. The summed E-state index contributed by atoms with van der Waals surface area (Å²) in [5, 5.41) is 10.0. The molecule has 134 valence electrons. The molecule has 25 heavy (non-hydrogen) atoms. The van der Waals surface area contributed by atoms with Gasteiger partial charge in [-0.2, -0.15) is 4.39 Å². The maximum atomic E-state index is 13.4. The van der Waals surface area contributed by atoms with Gasteiger partial charge in [0.15, 0.2) is 0 Å². The Morgan fingerprint density at radius 3 is 2.88 bits per heavy atom. The van der Waals surface area contributed by atoms with Gasteiger partial charge in [0, 0.05) is 11.4 Å². The molecule has 0 radical (unpaired) electrons. The summed E-state index contributed by atoms with van der Waals surface area (Å²) in [7, 11) is 0. The van der Waals surface area contributed by atoms with Gasteiger partial charge >= 0.3 is 5.69 Å². The molecule has 1 aliphatic heterocycles. The fourth-order valence-electron chi connectivity index (χ4n) is 2.70. The van der Waals surface area contributed by atoms with Gasteiger partial charge in [-0.1, -0.05) is 29.8 Å². The minimum absolute atomic E-state index is 0.200. The van der Waals surface area contributed by atoms with Crippen LogP contribution in [-0.4, -0.2) is 33.5 Å². The highest BCUT2D eigenvalue weighted by Crippen LogP contribution is 2.30. The molecule has 3 rings (SSSR count). The molecule has 1 aromatic carbocycles. The van der Waals surface area contributed by atoms with Gasteiger partial charge in [-0.05, 0) is 11.6 Å². The number of ether oxygens (including phenoxy) is 2. The third-order valence-electron chi connectivity index (χ3n) is 4.01. The van der Waals surface area contributed by atoms with Crippen LogP contribution in [-0.2, 0) is 16.1 Å². The molecule has 2 heterocycles. The predicted molar refractivity (Wildman–Crippen MR) is 86.9 cm³/mol. The van der Waals surface area contributed by atoms with Crippen molar-refractivity contribution < 1.29 is 19.0 Å². The van der Waals surface area contributed by atoms with Gasteiger partial charge in [0.1, 0.15) is 12.3 Å². The van der Waals surface area contributed by atoms with E-state index in [0.29, 0.717) is 5.02 Å². The number of aliphatic hydroxyl groups is 1. The Morgan fingerprint density at radius 2 is 2.16 bits per heavy atom. The molecule has 1 fully saturated rings. The summed E-state index contributed by atoms with van der Waals surface area (Å²) in [6.07, 6.45) is -1.06. The predicted octanol–water partition coefficient (Wildman–Crippen LogP) is 1.19. The monoisotopic (exact) mass is 370 g/mol. The number of halogens is 2. The van der Waals surface area contributed by atoms with Crippen molar-refractivity contribution in [2.24, 2.45) is 0 Å². The lowest BCUT2D eigenvalue weighted by atomic mass is 10.1. The molecular formula is C16H16ClFN2O5. The second-order valence-electron chi connectivity index (χ2n) is 5.63. The van der Waals surface area contributed by atoms with E-state index in [1.54, 1.807) is 12.1 Å². The van der Waals surface area contributed by atoms with Crippen LogP contribution < -0.4 is 11.2 Å². The minimum Gasteiger partial charge on any atom is -0.394 e. The summed E-state index contributed by atoms with van der Waals surface area (Å²) in [5.74, 6) is -1.09. The van der Waals surface area contributed by atoms with Crippen molar-refractivity contribution in [2.75, 3.05) is 6.61 Å². The zero-order valence-electron chi connectivity index (χ0n) is 13.0. The smallest absolute Gasteiger partial charge is 0.330 e. The summed E-state index contributed by atoms with van der Waals surface area (Å²) in [6.45, 7) is -0.129. The van der Waals surface area contributed by atoms with E-state index >= 15 is 0 Å². The normalized spacial score (nSPS) is 23.1. The Kier molecular flexibility index (Phi) is 5.33. The molecule has 0 spiro atoms. The van der Waals surface area contributed by atoms with E-state index in [-0.39, 0.29) is 19.6 Å². The van der Waals surface area contributed by atoms with Gasteiger partial charge in [-0.15, -0.1) is 0 Å². The van der Waals surface area contributed by atoms with Crippen LogP contribution in [0.15, 0.2) is 40.1 Å². The van der Waals surface area contributed by atoms with Crippen LogP contribution >= 0.6 is 11.6 Å². The van der Waals surface area contributed by atoms with E-state index in [0.717, 1.165) is 16.3 Å². The quantitative estimate of drug-likeness (QED) is 0.824. The second-order valence-corrected chi connectivity index (χ2v) is 6.04. The van der Waals surface area contributed by atoms with Crippen molar-refractivity contribution >= 4 is 11.6 Å². The number of aliphatic hydroxyl groups excluding tert-OH is 1. The van der Waals surface area contributed by atoms with E-state index in [1.165, 1.54) is 0 Å². The molecule has 3 atom stereocenters. The van der Waals surface area contributed by atoms with E-state index in [1.807, 2.05) is 17.1 Å². The van der Waals surface area contributed by atoms with Crippen molar-refractivity contribution in [3.8, 4) is 0 Å². The Bertz CT molecular complexity index is 868. The van der Waals surface area contributed by atoms with E-state index < -0.39 is 35.5 Å². The molecule has 0 amide bonds. The molecule has 1 aliphatic rings. The van der Waals surface area contributed by atoms with Crippen LogP contribution in [0, 0.1) is 5.82 Å². The lowest BCUT2D eigenvalue weighted by Gasteiger charge is -2.17. The molecule has 9 heteroatoms. The summed E-state index contributed by atoms with van der Waals surface area (Å²) in [4.78, 5) is 24.8. The maximum absolute atomic E-state index is 13.4. The van der Waals surface area contributed by atoms with Crippen LogP contribution in [0.1, 0.15) is 18.2 Å². The standard InChI is InChI=1S/C16H16ClFN2O5/c17-10-4-2-1-3-9(10)8-24-12-5-14(25-13(12)7-21)20-6-11(18)15(22)19-16(20)23/h1-4,6,12-14,21H,5,7-8H2,(H,19,22,23)/t12-,13+,14+/m0/s1. The Morgan fingerprint density at radius 1 is 1.40 bits per heavy atom. The van der Waals surface area contributed by atoms with Gasteiger partial charge in [0.2, 0.25) is 5.82 Å². The van der Waals surface area contributed by atoms with Crippen molar-refractivity contribution in [3.05, 3.63) is 67.7 Å². The highest BCUT2D eigenvalue weighted by Gasteiger charge is 2.37. The Hall–Kier alpha value is -2.00. The molecule has 7 nitrogen and oxygen atoms in total. The van der Waals surface area contributed by atoms with Crippen molar-refractivity contribution in [2.45, 2.75) is 31.5 Å². The third kappa shape index (κ3) is 3.82. The van der Waals surface area contributed by atoms with Crippen LogP contribution in [0.4, 0.5) is 4.39 Å².